The fourth-order valence-electron chi connectivity index (χ4n) is 4.38. The van der Waals surface area contributed by atoms with Crippen LogP contribution in [-0.2, 0) is 29.6 Å². The average Bonchev–Trinajstić information content (AvgIpc) is 3.59. The van der Waals surface area contributed by atoms with Gasteiger partial charge in [0.2, 0.25) is 5.91 Å². The summed E-state index contributed by atoms with van der Waals surface area (Å²) in [5.74, 6) is -1.71. The molecule has 1 aromatic heterocycles. The summed E-state index contributed by atoms with van der Waals surface area (Å²) in [6.07, 6.45) is 1.95. The minimum atomic E-state index is -1.01. The molecule has 0 bridgehead atoms. The smallest absolute Gasteiger partial charge is 0.256 e. The number of amides is 1. The number of nitrogens with one attached hydrogen (secondary N) is 1. The van der Waals surface area contributed by atoms with Crippen molar-refractivity contribution in [3.8, 4) is 0 Å². The van der Waals surface area contributed by atoms with Gasteiger partial charge in [0.15, 0.2) is 11.6 Å². The summed E-state index contributed by atoms with van der Waals surface area (Å²) in [6.45, 7) is 0.467. The number of carbonyl (C=O) groups excluding carboxylic acids is 1. The van der Waals surface area contributed by atoms with Crippen LogP contribution in [0.5, 0.6) is 0 Å². The van der Waals surface area contributed by atoms with Crippen molar-refractivity contribution in [1.29, 1.82) is 0 Å². The van der Waals surface area contributed by atoms with Crippen LogP contribution in [0.1, 0.15) is 41.1 Å². The molecule has 1 aliphatic carbocycles. The highest BCUT2D eigenvalue weighted by molar-refractivity contribution is 6.30. The molecule has 2 aliphatic rings. The maximum atomic E-state index is 13.9. The summed E-state index contributed by atoms with van der Waals surface area (Å²) >= 11 is 6.01. The number of carbonyl (C=O) groups is 1. The van der Waals surface area contributed by atoms with Crippen molar-refractivity contribution in [2.45, 2.75) is 37.6 Å². The Morgan fingerprint density at radius 1 is 1.16 bits per heavy atom. The van der Waals surface area contributed by atoms with Crippen molar-refractivity contribution in [2.24, 2.45) is 0 Å². The minimum Gasteiger partial charge on any atom is -0.337 e. The molecule has 1 saturated carbocycles. The second kappa shape index (κ2) is 7.81. The monoisotopic (exact) mass is 455 g/mol. The van der Waals surface area contributed by atoms with Gasteiger partial charge in [-0.15, -0.1) is 0 Å². The molecule has 3 aromatic rings. The molecule has 164 valence electrons. The summed E-state index contributed by atoms with van der Waals surface area (Å²) in [5, 5.41) is 0.652. The molecule has 1 fully saturated rings. The number of halogens is 3. The predicted molar refractivity (Wildman–Crippen MR) is 116 cm³/mol. The molecule has 8 heteroatoms. The molecular weight excluding hydrogens is 436 g/mol. The Kier molecular flexibility index (Phi) is 5.08. The van der Waals surface area contributed by atoms with Crippen LogP contribution in [0.3, 0.4) is 0 Å². The van der Waals surface area contributed by atoms with Gasteiger partial charge in [-0.1, -0.05) is 35.9 Å². The molecule has 0 unspecified atom stereocenters. The van der Waals surface area contributed by atoms with Crippen LogP contribution >= 0.6 is 11.6 Å². The van der Waals surface area contributed by atoms with E-state index >= 15 is 0 Å². The molecule has 0 saturated heterocycles. The number of nitrogens with zero attached hydrogens (tertiary/aromatic N) is 2. The molecule has 1 amide bonds. The lowest BCUT2D eigenvalue weighted by atomic mass is 9.94. The zero-order chi connectivity index (χ0) is 22.5. The van der Waals surface area contributed by atoms with Gasteiger partial charge in [0.25, 0.3) is 5.56 Å². The van der Waals surface area contributed by atoms with Crippen LogP contribution in [0.4, 0.5) is 8.78 Å². The normalized spacial score (nSPS) is 16.5. The average molecular weight is 456 g/mol. The van der Waals surface area contributed by atoms with Gasteiger partial charge in [0.05, 0.1) is 29.6 Å². The lowest BCUT2D eigenvalue weighted by Gasteiger charge is -2.28. The van der Waals surface area contributed by atoms with E-state index in [1.807, 2.05) is 24.3 Å². The van der Waals surface area contributed by atoms with Crippen LogP contribution < -0.4 is 5.56 Å². The van der Waals surface area contributed by atoms with Gasteiger partial charge in [-0.3, -0.25) is 9.59 Å². The second-order valence-electron chi connectivity index (χ2n) is 8.38. The Bertz CT molecular complexity index is 1270. The van der Waals surface area contributed by atoms with E-state index in [0.717, 1.165) is 24.5 Å². The SMILES string of the molecule is O=C(Cc1cccc(F)c1F)N1CCc2nc(C3(c4ccc(Cl)cc4)CC3)[nH]c(=O)c2C1. The van der Waals surface area contributed by atoms with Gasteiger partial charge in [-0.25, -0.2) is 13.8 Å². The van der Waals surface area contributed by atoms with Crippen molar-refractivity contribution >= 4 is 17.5 Å². The third-order valence-electron chi connectivity index (χ3n) is 6.39. The zero-order valence-corrected chi connectivity index (χ0v) is 17.9. The van der Waals surface area contributed by atoms with Crippen molar-refractivity contribution in [2.75, 3.05) is 6.54 Å². The van der Waals surface area contributed by atoms with E-state index in [1.54, 1.807) is 0 Å². The Balaban J connectivity index is 1.38. The molecule has 0 atom stereocenters. The summed E-state index contributed by atoms with van der Waals surface area (Å²) in [5.41, 5.74) is 1.63. The topological polar surface area (TPSA) is 66.1 Å². The fraction of sp³-hybridized carbons (Fsp3) is 0.292. The van der Waals surface area contributed by atoms with Crippen LogP contribution in [0, 0.1) is 11.6 Å². The van der Waals surface area contributed by atoms with Crippen molar-refractivity contribution < 1.29 is 13.6 Å². The molecule has 5 rings (SSSR count). The van der Waals surface area contributed by atoms with Gasteiger partial charge in [-0.05, 0) is 36.6 Å². The summed E-state index contributed by atoms with van der Waals surface area (Å²) < 4.78 is 27.4. The van der Waals surface area contributed by atoms with E-state index in [0.29, 0.717) is 35.1 Å². The van der Waals surface area contributed by atoms with E-state index < -0.39 is 11.6 Å². The second-order valence-corrected chi connectivity index (χ2v) is 8.82. The Hall–Kier alpha value is -3.06. The molecule has 1 aliphatic heterocycles. The molecule has 2 heterocycles. The third kappa shape index (κ3) is 3.60. The first kappa shape index (κ1) is 20.8. The van der Waals surface area contributed by atoms with Crippen LogP contribution in [0.15, 0.2) is 47.3 Å². The van der Waals surface area contributed by atoms with Gasteiger partial charge >= 0.3 is 0 Å². The first-order chi connectivity index (χ1) is 15.4. The quantitative estimate of drug-likeness (QED) is 0.648. The number of fused-ring (bicyclic) bond motifs is 1. The minimum absolute atomic E-state index is 0.00168. The van der Waals surface area contributed by atoms with Gasteiger partial charge < -0.3 is 9.88 Å². The van der Waals surface area contributed by atoms with E-state index in [4.69, 9.17) is 16.6 Å². The van der Waals surface area contributed by atoms with E-state index in [2.05, 4.69) is 4.98 Å². The number of rotatable bonds is 4. The maximum absolute atomic E-state index is 13.9. The standard InChI is InChI=1S/C24H20ClF2N3O2/c25-16-6-4-15(5-7-16)24(9-10-24)23-28-19-8-11-30(13-17(19)22(32)29-23)20(31)12-14-2-1-3-18(26)21(14)27/h1-7H,8-13H2,(H,28,29,32). The largest absolute Gasteiger partial charge is 0.337 e. The van der Waals surface area contributed by atoms with Crippen molar-refractivity contribution in [3.05, 3.63) is 97.7 Å². The van der Waals surface area contributed by atoms with E-state index in [1.165, 1.54) is 17.0 Å². The number of aromatic amines is 1. The van der Waals surface area contributed by atoms with Gasteiger partial charge in [0, 0.05) is 23.6 Å². The predicted octanol–water partition coefficient (Wildman–Crippen LogP) is 3.91. The highest BCUT2D eigenvalue weighted by Gasteiger charge is 2.48. The molecule has 5 nitrogen and oxygen atoms in total. The lowest BCUT2D eigenvalue weighted by molar-refractivity contribution is -0.131. The van der Waals surface area contributed by atoms with Crippen molar-refractivity contribution in [1.82, 2.24) is 14.9 Å². The first-order valence-corrected chi connectivity index (χ1v) is 10.8. The molecule has 2 aromatic carbocycles. The lowest BCUT2D eigenvalue weighted by Crippen LogP contribution is -2.41. The number of hydrogen-bond donors (Lipinski definition) is 1. The molecule has 0 radical (unpaired) electrons. The molecule has 0 spiro atoms. The number of H-pyrrole nitrogens is 1. The van der Waals surface area contributed by atoms with Crippen LogP contribution in [0.25, 0.3) is 0 Å². The highest BCUT2D eigenvalue weighted by atomic mass is 35.5. The van der Waals surface area contributed by atoms with Crippen LogP contribution in [-0.4, -0.2) is 27.3 Å². The van der Waals surface area contributed by atoms with Gasteiger partial charge in [-0.2, -0.15) is 0 Å². The maximum Gasteiger partial charge on any atom is 0.256 e. The Morgan fingerprint density at radius 2 is 1.91 bits per heavy atom. The summed E-state index contributed by atoms with van der Waals surface area (Å²) in [4.78, 5) is 34.8. The summed E-state index contributed by atoms with van der Waals surface area (Å²) in [7, 11) is 0. The van der Waals surface area contributed by atoms with E-state index in [-0.39, 0.29) is 35.4 Å². The van der Waals surface area contributed by atoms with Crippen LogP contribution in [0.2, 0.25) is 5.02 Å². The van der Waals surface area contributed by atoms with Crippen molar-refractivity contribution in [3.63, 3.8) is 0 Å². The number of benzene rings is 2. The summed E-state index contributed by atoms with van der Waals surface area (Å²) in [6, 6.07) is 11.4. The fourth-order valence-corrected chi connectivity index (χ4v) is 4.51. The van der Waals surface area contributed by atoms with E-state index in [9.17, 15) is 18.4 Å². The zero-order valence-electron chi connectivity index (χ0n) is 17.1. The molecular formula is C24H20ClF2N3O2. The third-order valence-corrected chi connectivity index (χ3v) is 6.65. The highest BCUT2D eigenvalue weighted by Crippen LogP contribution is 2.52. The van der Waals surface area contributed by atoms with Gasteiger partial charge in [0.1, 0.15) is 5.82 Å². The molecule has 32 heavy (non-hydrogen) atoms. The Labute approximate surface area is 188 Å². The number of hydrogen-bond acceptors (Lipinski definition) is 3. The number of aromatic nitrogens is 2. The Morgan fingerprint density at radius 3 is 2.62 bits per heavy atom. The molecule has 1 N–H and O–H groups in total. The first-order valence-electron chi connectivity index (χ1n) is 10.5.